The van der Waals surface area contributed by atoms with E-state index < -0.39 is 11.6 Å². The molecule has 1 aromatic carbocycles. The van der Waals surface area contributed by atoms with Crippen LogP contribution >= 0.6 is 24.4 Å². The van der Waals surface area contributed by atoms with Crippen LogP contribution in [-0.2, 0) is 0 Å². The van der Waals surface area contributed by atoms with Crippen molar-refractivity contribution in [1.29, 1.82) is 0 Å². The van der Waals surface area contributed by atoms with Gasteiger partial charge in [0.05, 0.1) is 0 Å². The number of hydrogen-bond acceptors (Lipinski definition) is 2. The number of unbranched alkanes of at least 4 members (excludes halogenated alkanes) is 2. The molecule has 0 heterocycles. The molecule has 0 aliphatic heterocycles. The molecule has 0 saturated carbocycles. The van der Waals surface area contributed by atoms with Gasteiger partial charge in [-0.2, -0.15) is 12.6 Å². The molecule has 0 amide bonds. The van der Waals surface area contributed by atoms with E-state index in [9.17, 15) is 8.78 Å². The summed E-state index contributed by atoms with van der Waals surface area (Å²) in [7, 11) is 0. The summed E-state index contributed by atoms with van der Waals surface area (Å²) in [4.78, 5) is 0.791. The Morgan fingerprint density at radius 3 is 2.53 bits per heavy atom. The van der Waals surface area contributed by atoms with Crippen molar-refractivity contribution in [2.75, 3.05) is 11.5 Å². The SMILES string of the molecule is Fc1ccc(SCCCCCS)cc1F. The first-order valence-electron chi connectivity index (χ1n) is 4.93. The topological polar surface area (TPSA) is 0 Å². The Kier molecular flexibility index (Phi) is 6.10. The highest BCUT2D eigenvalue weighted by Crippen LogP contribution is 2.21. The van der Waals surface area contributed by atoms with E-state index in [0.717, 1.165) is 35.7 Å². The zero-order chi connectivity index (χ0) is 11.1. The van der Waals surface area contributed by atoms with Crippen LogP contribution in [0.5, 0.6) is 0 Å². The van der Waals surface area contributed by atoms with Gasteiger partial charge < -0.3 is 0 Å². The Labute approximate surface area is 98.9 Å². The third-order valence-corrected chi connectivity index (χ3v) is 3.36. The van der Waals surface area contributed by atoms with E-state index in [4.69, 9.17) is 0 Å². The van der Waals surface area contributed by atoms with Crippen molar-refractivity contribution in [2.45, 2.75) is 24.2 Å². The normalized spacial score (nSPS) is 10.6. The molecule has 0 aromatic heterocycles. The fourth-order valence-corrected chi connectivity index (χ4v) is 2.31. The largest absolute Gasteiger partial charge is 0.204 e. The molecule has 0 bridgehead atoms. The molecule has 0 fully saturated rings. The second kappa shape index (κ2) is 7.12. The van der Waals surface area contributed by atoms with Crippen LogP contribution in [-0.4, -0.2) is 11.5 Å². The van der Waals surface area contributed by atoms with E-state index in [-0.39, 0.29) is 0 Å². The Bertz CT molecular complexity index is 303. The Morgan fingerprint density at radius 2 is 1.87 bits per heavy atom. The molecule has 0 atom stereocenters. The highest BCUT2D eigenvalue weighted by atomic mass is 32.2. The van der Waals surface area contributed by atoms with Gasteiger partial charge in [0, 0.05) is 4.90 Å². The summed E-state index contributed by atoms with van der Waals surface area (Å²) < 4.78 is 25.4. The fourth-order valence-electron chi connectivity index (χ4n) is 1.15. The van der Waals surface area contributed by atoms with Crippen molar-refractivity contribution >= 4 is 24.4 Å². The lowest BCUT2D eigenvalue weighted by molar-refractivity contribution is 0.506. The van der Waals surface area contributed by atoms with E-state index in [2.05, 4.69) is 12.6 Å². The summed E-state index contributed by atoms with van der Waals surface area (Å²) in [5.74, 6) is 0.305. The lowest BCUT2D eigenvalue weighted by atomic mass is 10.3. The minimum absolute atomic E-state index is 0.768. The molecule has 1 aromatic rings. The van der Waals surface area contributed by atoms with Crippen LogP contribution in [0.3, 0.4) is 0 Å². The summed E-state index contributed by atoms with van der Waals surface area (Å²) >= 11 is 5.68. The van der Waals surface area contributed by atoms with Gasteiger partial charge in [0.15, 0.2) is 11.6 Å². The average molecular weight is 248 g/mol. The minimum Gasteiger partial charge on any atom is -0.204 e. The van der Waals surface area contributed by atoms with Gasteiger partial charge in [-0.25, -0.2) is 8.78 Å². The molecular formula is C11H14F2S2. The summed E-state index contributed by atoms with van der Waals surface area (Å²) in [6, 6.07) is 4.03. The van der Waals surface area contributed by atoms with Crippen LogP contribution in [0.15, 0.2) is 23.1 Å². The lowest BCUT2D eigenvalue weighted by Crippen LogP contribution is -1.86. The third-order valence-electron chi connectivity index (χ3n) is 1.96. The number of halogens is 2. The minimum atomic E-state index is -0.783. The van der Waals surface area contributed by atoms with Gasteiger partial charge >= 0.3 is 0 Å². The van der Waals surface area contributed by atoms with Gasteiger partial charge in [0.2, 0.25) is 0 Å². The summed E-state index contributed by atoms with van der Waals surface area (Å²) in [5, 5.41) is 0. The number of benzene rings is 1. The molecule has 0 spiro atoms. The van der Waals surface area contributed by atoms with Crippen LogP contribution in [0.4, 0.5) is 8.78 Å². The molecular weight excluding hydrogens is 234 g/mol. The second-order valence-electron chi connectivity index (χ2n) is 3.21. The molecule has 15 heavy (non-hydrogen) atoms. The molecule has 84 valence electrons. The van der Waals surface area contributed by atoms with E-state index >= 15 is 0 Å². The maximum Gasteiger partial charge on any atom is 0.159 e. The fraction of sp³-hybridized carbons (Fsp3) is 0.455. The van der Waals surface area contributed by atoms with Crippen molar-refractivity contribution in [3.8, 4) is 0 Å². The third kappa shape index (κ3) is 4.89. The van der Waals surface area contributed by atoms with Gasteiger partial charge in [-0.15, -0.1) is 11.8 Å². The monoisotopic (exact) mass is 248 g/mol. The van der Waals surface area contributed by atoms with E-state index in [1.807, 2.05) is 0 Å². The van der Waals surface area contributed by atoms with Crippen LogP contribution in [0.25, 0.3) is 0 Å². The highest BCUT2D eigenvalue weighted by molar-refractivity contribution is 7.99. The smallest absolute Gasteiger partial charge is 0.159 e. The number of rotatable bonds is 6. The van der Waals surface area contributed by atoms with Crippen molar-refractivity contribution < 1.29 is 8.78 Å². The van der Waals surface area contributed by atoms with E-state index in [0.29, 0.717) is 0 Å². The molecule has 0 aliphatic carbocycles. The first-order valence-corrected chi connectivity index (χ1v) is 6.54. The first kappa shape index (κ1) is 12.8. The van der Waals surface area contributed by atoms with E-state index in [1.54, 1.807) is 17.8 Å². The van der Waals surface area contributed by atoms with Crippen molar-refractivity contribution in [2.24, 2.45) is 0 Å². The Hall–Kier alpha value is -0.220. The van der Waals surface area contributed by atoms with Crippen LogP contribution < -0.4 is 0 Å². The summed E-state index contributed by atoms with van der Waals surface area (Å²) in [5.41, 5.74) is 0. The number of thiol groups is 1. The molecule has 0 unspecified atom stereocenters. The maximum absolute atomic E-state index is 12.8. The summed E-state index contributed by atoms with van der Waals surface area (Å²) in [6.45, 7) is 0. The van der Waals surface area contributed by atoms with Gasteiger partial charge in [-0.3, -0.25) is 0 Å². The zero-order valence-electron chi connectivity index (χ0n) is 8.38. The number of thioether (sulfide) groups is 1. The summed E-state index contributed by atoms with van der Waals surface area (Å²) in [6.07, 6.45) is 3.34. The molecule has 0 nitrogen and oxygen atoms in total. The lowest BCUT2D eigenvalue weighted by Gasteiger charge is -2.01. The van der Waals surface area contributed by atoms with Crippen molar-refractivity contribution in [1.82, 2.24) is 0 Å². The maximum atomic E-state index is 12.8. The van der Waals surface area contributed by atoms with Gasteiger partial charge in [-0.1, -0.05) is 6.42 Å². The quantitative estimate of drug-likeness (QED) is 0.448. The predicted octanol–water partition coefficient (Wildman–Crippen LogP) is 4.16. The van der Waals surface area contributed by atoms with Gasteiger partial charge in [0.25, 0.3) is 0 Å². The van der Waals surface area contributed by atoms with Crippen LogP contribution in [0.1, 0.15) is 19.3 Å². The van der Waals surface area contributed by atoms with Gasteiger partial charge in [0.1, 0.15) is 0 Å². The molecule has 0 aliphatic rings. The average Bonchev–Trinajstić information content (AvgIpc) is 2.23. The van der Waals surface area contributed by atoms with Crippen molar-refractivity contribution in [3.63, 3.8) is 0 Å². The number of hydrogen-bond donors (Lipinski definition) is 1. The Morgan fingerprint density at radius 1 is 1.07 bits per heavy atom. The van der Waals surface area contributed by atoms with Gasteiger partial charge in [-0.05, 0) is 42.5 Å². The molecule has 4 heteroatoms. The molecule has 0 saturated heterocycles. The molecule has 1 rings (SSSR count). The second-order valence-corrected chi connectivity index (χ2v) is 4.82. The molecule has 0 N–H and O–H groups in total. The predicted molar refractivity (Wildman–Crippen MR) is 64.8 cm³/mol. The first-order chi connectivity index (χ1) is 7.24. The zero-order valence-corrected chi connectivity index (χ0v) is 10.1. The highest BCUT2D eigenvalue weighted by Gasteiger charge is 2.02. The van der Waals surface area contributed by atoms with Crippen LogP contribution in [0, 0.1) is 11.6 Å². The van der Waals surface area contributed by atoms with Crippen molar-refractivity contribution in [3.05, 3.63) is 29.8 Å². The van der Waals surface area contributed by atoms with Crippen LogP contribution in [0.2, 0.25) is 0 Å². The van der Waals surface area contributed by atoms with E-state index in [1.165, 1.54) is 12.1 Å². The standard InChI is InChI=1S/C11H14F2S2/c12-10-5-4-9(8-11(10)13)15-7-3-1-2-6-14/h4-5,8,14H,1-3,6-7H2. The Balaban J connectivity index is 2.28. The molecule has 0 radical (unpaired) electrons.